The van der Waals surface area contributed by atoms with Crippen LogP contribution in [-0.4, -0.2) is 12.1 Å². The van der Waals surface area contributed by atoms with E-state index in [0.717, 1.165) is 12.8 Å². The molecule has 5 atom stereocenters. The van der Waals surface area contributed by atoms with Gasteiger partial charge in [0.15, 0.2) is 0 Å². The number of terminal acetylenes is 1. The minimum Gasteiger partial charge on any atom is -0.309 e. The third kappa shape index (κ3) is 2.27. The molecular formula is C24H29N. The van der Waals surface area contributed by atoms with Gasteiger partial charge in [-0.25, -0.2) is 0 Å². The fraction of sp³-hybridized carbons (Fsp3) is 0.500. The van der Waals surface area contributed by atoms with Gasteiger partial charge >= 0.3 is 0 Å². The lowest BCUT2D eigenvalue weighted by molar-refractivity contribution is 0.317. The van der Waals surface area contributed by atoms with Crippen LogP contribution < -0.4 is 5.32 Å². The highest BCUT2D eigenvalue weighted by atomic mass is 15.0. The van der Waals surface area contributed by atoms with Crippen LogP contribution in [0, 0.1) is 37.0 Å². The van der Waals surface area contributed by atoms with Crippen molar-refractivity contribution in [3.8, 4) is 12.3 Å². The van der Waals surface area contributed by atoms with Gasteiger partial charge in [-0.1, -0.05) is 57.6 Å². The maximum Gasteiger partial charge on any atom is 0.0395 e. The average Bonchev–Trinajstić information content (AvgIpc) is 2.99. The Bertz CT molecular complexity index is 804. The molecule has 1 aliphatic heterocycles. The Hall–Kier alpha value is -1.78. The Morgan fingerprint density at radius 3 is 2.76 bits per heavy atom. The molecular weight excluding hydrogens is 302 g/mol. The molecule has 1 saturated heterocycles. The van der Waals surface area contributed by atoms with E-state index < -0.39 is 0 Å². The molecule has 1 N–H and O–H groups in total. The number of aryl methyl sites for hydroxylation is 2. The van der Waals surface area contributed by atoms with Crippen LogP contribution in [0.4, 0.5) is 0 Å². The van der Waals surface area contributed by atoms with Crippen molar-refractivity contribution >= 4 is 5.57 Å². The van der Waals surface area contributed by atoms with Gasteiger partial charge in [0.05, 0.1) is 0 Å². The fourth-order valence-corrected chi connectivity index (χ4v) is 5.51. The first-order valence-corrected chi connectivity index (χ1v) is 9.62. The van der Waals surface area contributed by atoms with Crippen molar-refractivity contribution < 1.29 is 0 Å². The molecule has 0 amide bonds. The zero-order valence-electron chi connectivity index (χ0n) is 15.9. The molecule has 25 heavy (non-hydrogen) atoms. The summed E-state index contributed by atoms with van der Waals surface area (Å²) in [7, 11) is 0. The molecule has 1 aromatic carbocycles. The molecule has 3 aliphatic rings. The van der Waals surface area contributed by atoms with E-state index in [2.05, 4.69) is 69.8 Å². The van der Waals surface area contributed by atoms with Gasteiger partial charge in [0.2, 0.25) is 0 Å². The van der Waals surface area contributed by atoms with Gasteiger partial charge < -0.3 is 5.32 Å². The number of hydrogen-bond acceptors (Lipinski definition) is 1. The Morgan fingerprint density at radius 2 is 2.08 bits per heavy atom. The number of nitrogens with one attached hydrogen (secondary N) is 1. The van der Waals surface area contributed by atoms with E-state index in [0.29, 0.717) is 23.9 Å². The smallest absolute Gasteiger partial charge is 0.0395 e. The van der Waals surface area contributed by atoms with Gasteiger partial charge in [0.25, 0.3) is 0 Å². The predicted octanol–water partition coefficient (Wildman–Crippen LogP) is 4.64. The van der Waals surface area contributed by atoms with Crippen molar-refractivity contribution in [1.82, 2.24) is 5.32 Å². The molecule has 0 radical (unpaired) electrons. The molecule has 1 aromatic rings. The van der Waals surface area contributed by atoms with Crippen LogP contribution in [0.15, 0.2) is 30.9 Å². The zero-order chi connectivity index (χ0) is 17.9. The number of rotatable bonds is 1. The second kappa shape index (κ2) is 5.61. The van der Waals surface area contributed by atoms with Crippen LogP contribution in [0.3, 0.4) is 0 Å². The standard InChI is InChI=1S/C24H29N/c1-7-16-9-10-18-21(12-16)25-23-22(18)15(4)19-13-17(8-2)14(3)11-20(19)24(23,5)6/h1,9-11,13,16,18,21-23,25H,4,8,12H2,2-3,5-6H3. The summed E-state index contributed by atoms with van der Waals surface area (Å²) in [6.07, 6.45) is 12.4. The van der Waals surface area contributed by atoms with E-state index in [9.17, 15) is 0 Å². The van der Waals surface area contributed by atoms with E-state index in [4.69, 9.17) is 6.42 Å². The third-order valence-corrected chi connectivity index (χ3v) is 7.00. The van der Waals surface area contributed by atoms with E-state index in [1.54, 1.807) is 0 Å². The van der Waals surface area contributed by atoms with Crippen LogP contribution in [0.5, 0.6) is 0 Å². The quantitative estimate of drug-likeness (QED) is 0.584. The van der Waals surface area contributed by atoms with Crippen LogP contribution in [0.2, 0.25) is 0 Å². The van der Waals surface area contributed by atoms with Crippen LogP contribution >= 0.6 is 0 Å². The number of hydrogen-bond donors (Lipinski definition) is 1. The minimum atomic E-state index is 0.0923. The summed E-state index contributed by atoms with van der Waals surface area (Å²) in [5.74, 6) is 4.17. The first-order valence-electron chi connectivity index (χ1n) is 9.62. The molecule has 0 saturated carbocycles. The second-order valence-electron chi connectivity index (χ2n) is 8.67. The van der Waals surface area contributed by atoms with Crippen molar-refractivity contribution in [3.63, 3.8) is 0 Å². The highest BCUT2D eigenvalue weighted by Crippen LogP contribution is 2.53. The van der Waals surface area contributed by atoms with Gasteiger partial charge in [-0.2, -0.15) is 0 Å². The van der Waals surface area contributed by atoms with Gasteiger partial charge in [0.1, 0.15) is 0 Å². The largest absolute Gasteiger partial charge is 0.309 e. The lowest BCUT2D eigenvalue weighted by Crippen LogP contribution is -2.49. The molecule has 1 heterocycles. The van der Waals surface area contributed by atoms with Crippen molar-refractivity contribution in [1.29, 1.82) is 0 Å². The highest BCUT2D eigenvalue weighted by molar-refractivity contribution is 5.75. The molecule has 4 rings (SSSR count). The van der Waals surface area contributed by atoms with Crippen molar-refractivity contribution in [3.05, 3.63) is 53.1 Å². The van der Waals surface area contributed by atoms with Crippen LogP contribution in [0.25, 0.3) is 5.57 Å². The Morgan fingerprint density at radius 1 is 1.32 bits per heavy atom. The lowest BCUT2D eigenvalue weighted by atomic mass is 9.60. The normalized spacial score (nSPS) is 34.8. The number of fused-ring (bicyclic) bond motifs is 4. The van der Waals surface area contributed by atoms with Crippen molar-refractivity contribution in [2.75, 3.05) is 0 Å². The third-order valence-electron chi connectivity index (χ3n) is 7.00. The second-order valence-corrected chi connectivity index (χ2v) is 8.67. The van der Waals surface area contributed by atoms with Gasteiger partial charge in [-0.15, -0.1) is 6.42 Å². The molecule has 0 bridgehead atoms. The van der Waals surface area contributed by atoms with Crippen LogP contribution in [0.1, 0.15) is 49.4 Å². The first kappa shape index (κ1) is 16.7. The molecule has 0 aromatic heterocycles. The summed E-state index contributed by atoms with van der Waals surface area (Å²) >= 11 is 0. The topological polar surface area (TPSA) is 12.0 Å². The monoisotopic (exact) mass is 331 g/mol. The van der Waals surface area contributed by atoms with E-state index in [-0.39, 0.29) is 11.3 Å². The van der Waals surface area contributed by atoms with Crippen molar-refractivity contribution in [2.24, 2.45) is 17.8 Å². The molecule has 5 unspecified atom stereocenters. The first-order chi connectivity index (χ1) is 11.9. The SMILES string of the molecule is C#CC1C=CC2C(C1)NC1C2C(=C)c2cc(CC)c(C)cc2C1(C)C. The summed E-state index contributed by atoms with van der Waals surface area (Å²) in [5.41, 5.74) is 7.11. The summed E-state index contributed by atoms with van der Waals surface area (Å²) in [4.78, 5) is 0. The van der Waals surface area contributed by atoms with E-state index in [1.807, 2.05) is 0 Å². The zero-order valence-corrected chi connectivity index (χ0v) is 15.9. The van der Waals surface area contributed by atoms with Crippen molar-refractivity contribution in [2.45, 2.75) is 58.0 Å². The highest BCUT2D eigenvalue weighted by Gasteiger charge is 2.54. The Kier molecular flexibility index (Phi) is 3.74. The lowest BCUT2D eigenvalue weighted by Gasteiger charge is -2.44. The molecule has 130 valence electrons. The molecule has 1 nitrogen and oxygen atoms in total. The average molecular weight is 332 g/mol. The van der Waals surface area contributed by atoms with Gasteiger partial charge in [-0.3, -0.25) is 0 Å². The molecule has 1 fully saturated rings. The summed E-state index contributed by atoms with van der Waals surface area (Å²) in [6, 6.07) is 5.72. The maximum absolute atomic E-state index is 5.68. The van der Waals surface area contributed by atoms with Gasteiger partial charge in [0, 0.05) is 35.3 Å². The van der Waals surface area contributed by atoms with Gasteiger partial charge in [-0.05, 0) is 47.6 Å². The van der Waals surface area contributed by atoms with Crippen LogP contribution in [-0.2, 0) is 11.8 Å². The molecule has 2 aliphatic carbocycles. The minimum absolute atomic E-state index is 0.0923. The van der Waals surface area contributed by atoms with E-state index in [1.165, 1.54) is 27.8 Å². The summed E-state index contributed by atoms with van der Waals surface area (Å²) < 4.78 is 0. The summed E-state index contributed by atoms with van der Waals surface area (Å²) in [6.45, 7) is 13.9. The van der Waals surface area contributed by atoms with E-state index >= 15 is 0 Å². The molecule has 1 heteroatoms. The summed E-state index contributed by atoms with van der Waals surface area (Å²) in [5, 5.41) is 3.96. The fourth-order valence-electron chi connectivity index (χ4n) is 5.51. The predicted molar refractivity (Wildman–Crippen MR) is 106 cm³/mol. The maximum atomic E-state index is 5.68. The Labute approximate surface area is 152 Å². The number of allylic oxidation sites excluding steroid dienone is 1. The Balaban J connectivity index is 1.83. The molecule has 0 spiro atoms. The number of benzene rings is 1.